The zero-order valence-corrected chi connectivity index (χ0v) is 35.0. The zero-order chi connectivity index (χ0) is 40.1. The van der Waals surface area contributed by atoms with E-state index in [1.54, 1.807) is 0 Å². The summed E-state index contributed by atoms with van der Waals surface area (Å²) in [6.07, 6.45) is 0. The summed E-state index contributed by atoms with van der Waals surface area (Å²) >= 11 is 0. The number of aryl methyl sites for hydroxylation is 4. The Balaban J connectivity index is 1.16. The highest BCUT2D eigenvalue weighted by molar-refractivity contribution is 6.05. The van der Waals surface area contributed by atoms with Gasteiger partial charge in [-0.05, 0) is 158 Å². The first-order chi connectivity index (χ1) is 28.0. The van der Waals surface area contributed by atoms with Crippen LogP contribution in [-0.4, -0.2) is 0 Å². The summed E-state index contributed by atoms with van der Waals surface area (Å²) in [6, 6.07) is 59.6. The van der Waals surface area contributed by atoms with Crippen molar-refractivity contribution in [2.45, 2.75) is 72.1 Å². The second kappa shape index (κ2) is 13.2. The predicted octanol–water partition coefficient (Wildman–Crippen LogP) is 15.3. The van der Waals surface area contributed by atoms with Gasteiger partial charge in [0.05, 0.1) is 0 Å². The molecule has 0 N–H and O–H groups in total. The van der Waals surface area contributed by atoms with E-state index in [0.29, 0.717) is 0 Å². The van der Waals surface area contributed by atoms with Gasteiger partial charge >= 0.3 is 0 Å². The van der Waals surface area contributed by atoms with Crippen LogP contribution in [0.15, 0.2) is 158 Å². The minimum Gasteiger partial charge on any atom is -0.310 e. The number of nitrogens with zero attached hydrogens (tertiary/aromatic N) is 1. The lowest BCUT2D eigenvalue weighted by molar-refractivity contribution is 0.651. The first-order valence-electron chi connectivity index (χ1n) is 20.9. The van der Waals surface area contributed by atoms with Gasteiger partial charge in [-0.15, -0.1) is 0 Å². The maximum atomic E-state index is 2.59. The molecule has 0 atom stereocenters. The lowest BCUT2D eigenvalue weighted by Crippen LogP contribution is -2.18. The molecule has 2 aliphatic rings. The third-order valence-corrected chi connectivity index (χ3v) is 13.8. The van der Waals surface area contributed by atoms with E-state index in [2.05, 4.69) is 218 Å². The van der Waals surface area contributed by atoms with E-state index < -0.39 is 0 Å². The van der Waals surface area contributed by atoms with Crippen molar-refractivity contribution >= 4 is 27.8 Å². The molecule has 0 aliphatic heterocycles. The van der Waals surface area contributed by atoms with Crippen molar-refractivity contribution in [2.75, 3.05) is 4.90 Å². The van der Waals surface area contributed by atoms with Crippen LogP contribution in [0.3, 0.4) is 0 Å². The Hall–Kier alpha value is -6.18. The molecule has 0 heterocycles. The molecule has 0 radical (unpaired) electrons. The van der Waals surface area contributed by atoms with Crippen LogP contribution in [0, 0.1) is 27.7 Å². The summed E-state index contributed by atoms with van der Waals surface area (Å²) in [4.78, 5) is 2.45. The molecular weight excluding hydrogens is 699 g/mol. The fraction of sp³-hybridized carbons (Fsp3) is 0.193. The van der Waals surface area contributed by atoms with Crippen molar-refractivity contribution in [3.63, 3.8) is 0 Å². The Kier molecular flexibility index (Phi) is 8.22. The van der Waals surface area contributed by atoms with Crippen molar-refractivity contribution in [2.24, 2.45) is 0 Å². The highest BCUT2D eigenvalue weighted by Gasteiger charge is 2.43. The Bertz CT molecular complexity index is 2870. The minimum atomic E-state index is -0.195. The van der Waals surface area contributed by atoms with Gasteiger partial charge < -0.3 is 4.90 Å². The molecule has 10 rings (SSSR count). The molecule has 58 heavy (non-hydrogen) atoms. The van der Waals surface area contributed by atoms with E-state index in [4.69, 9.17) is 0 Å². The van der Waals surface area contributed by atoms with E-state index in [0.717, 1.165) is 0 Å². The fourth-order valence-electron chi connectivity index (χ4n) is 10.6. The van der Waals surface area contributed by atoms with Gasteiger partial charge in [0.2, 0.25) is 0 Å². The maximum Gasteiger partial charge on any atom is 0.0490 e. The molecule has 0 unspecified atom stereocenters. The molecule has 1 heteroatoms. The molecule has 0 bridgehead atoms. The monoisotopic (exact) mass is 749 g/mol. The third-order valence-electron chi connectivity index (χ3n) is 13.8. The van der Waals surface area contributed by atoms with Gasteiger partial charge in [0.1, 0.15) is 0 Å². The molecule has 2 aliphatic carbocycles. The molecule has 284 valence electrons. The normalized spacial score (nSPS) is 14.3. The molecule has 0 saturated heterocycles. The van der Waals surface area contributed by atoms with Crippen LogP contribution in [0.1, 0.15) is 94.8 Å². The van der Waals surface area contributed by atoms with Crippen LogP contribution in [0.2, 0.25) is 0 Å². The number of anilines is 3. The molecule has 1 nitrogen and oxygen atoms in total. The van der Waals surface area contributed by atoms with Crippen LogP contribution < -0.4 is 4.90 Å². The molecule has 8 aromatic rings. The maximum absolute atomic E-state index is 2.59. The first-order valence-corrected chi connectivity index (χ1v) is 20.9. The summed E-state index contributed by atoms with van der Waals surface area (Å²) in [5, 5.41) is 2.68. The number of rotatable bonds is 6. The zero-order valence-electron chi connectivity index (χ0n) is 35.0. The lowest BCUT2D eigenvalue weighted by Gasteiger charge is -2.30. The van der Waals surface area contributed by atoms with Crippen molar-refractivity contribution in [1.82, 2.24) is 0 Å². The van der Waals surface area contributed by atoms with Crippen molar-refractivity contribution < 1.29 is 0 Å². The SMILES string of the molecule is Cc1ccccc1C(c1ccccc1C)c1cc2c(c3ccccc13)-c1cc3c(cc1C2(C)C)-c1ccc(N(c2ccccc2C)c2ccccc2C)cc1C3(C)C. The molecular formula is C57H51N. The van der Waals surface area contributed by atoms with Gasteiger partial charge in [0.25, 0.3) is 0 Å². The van der Waals surface area contributed by atoms with E-state index in [9.17, 15) is 0 Å². The number of benzene rings is 8. The molecule has 0 spiro atoms. The number of hydrogen-bond donors (Lipinski definition) is 0. The molecule has 8 aromatic carbocycles. The quantitative estimate of drug-likeness (QED) is 0.153. The topological polar surface area (TPSA) is 3.24 Å². The van der Waals surface area contributed by atoms with Gasteiger partial charge in [0.15, 0.2) is 0 Å². The number of hydrogen-bond acceptors (Lipinski definition) is 1. The summed E-state index contributed by atoms with van der Waals surface area (Å²) in [5.74, 6) is 0.112. The summed E-state index contributed by atoms with van der Waals surface area (Å²) < 4.78 is 0. The Morgan fingerprint density at radius 1 is 0.379 bits per heavy atom. The van der Waals surface area contributed by atoms with Crippen LogP contribution in [0.5, 0.6) is 0 Å². The smallest absolute Gasteiger partial charge is 0.0490 e. The average Bonchev–Trinajstić information content (AvgIpc) is 3.58. The summed E-state index contributed by atoms with van der Waals surface area (Å²) in [6.45, 7) is 18.7. The fourth-order valence-corrected chi connectivity index (χ4v) is 10.6. The number of fused-ring (bicyclic) bond motifs is 8. The molecule has 0 fully saturated rings. The predicted molar refractivity (Wildman–Crippen MR) is 247 cm³/mol. The molecule has 0 amide bonds. The van der Waals surface area contributed by atoms with Crippen LogP contribution in [-0.2, 0) is 10.8 Å². The second-order valence-electron chi connectivity index (χ2n) is 17.9. The van der Waals surface area contributed by atoms with Gasteiger partial charge in [-0.25, -0.2) is 0 Å². The first kappa shape index (κ1) is 36.2. The van der Waals surface area contributed by atoms with Crippen molar-refractivity contribution in [3.8, 4) is 22.3 Å². The molecule has 0 aromatic heterocycles. The van der Waals surface area contributed by atoms with E-state index in [-0.39, 0.29) is 16.7 Å². The second-order valence-corrected chi connectivity index (χ2v) is 17.9. The number of para-hydroxylation sites is 2. The third kappa shape index (κ3) is 5.29. The van der Waals surface area contributed by atoms with E-state index in [1.165, 1.54) is 111 Å². The lowest BCUT2D eigenvalue weighted by atomic mass is 9.75. The van der Waals surface area contributed by atoms with Crippen molar-refractivity contribution in [1.29, 1.82) is 0 Å². The Labute approximate surface area is 344 Å². The standard InChI is InChI=1S/C57H51N/c1-35-19-9-13-23-40(35)54(41-24-14-10-20-36(41)2)46-33-51-55(44-26-16-15-25-42(44)46)47-34-49-45(32-50(47)57(51,7)8)43-30-29-39(31-48(43)56(49,5)6)58(52-27-17-11-21-37(52)3)53-28-18-12-22-38(53)4/h9-34,54H,1-8H3. The molecule has 0 saturated carbocycles. The Morgan fingerprint density at radius 3 is 1.43 bits per heavy atom. The van der Waals surface area contributed by atoms with Gasteiger partial charge in [-0.1, -0.05) is 149 Å². The van der Waals surface area contributed by atoms with Gasteiger partial charge in [-0.2, -0.15) is 0 Å². The van der Waals surface area contributed by atoms with Crippen LogP contribution in [0.25, 0.3) is 33.0 Å². The minimum absolute atomic E-state index is 0.112. The van der Waals surface area contributed by atoms with Gasteiger partial charge in [0, 0.05) is 33.8 Å². The summed E-state index contributed by atoms with van der Waals surface area (Å²) in [5.41, 5.74) is 23.6. The largest absolute Gasteiger partial charge is 0.310 e. The highest BCUT2D eigenvalue weighted by Crippen LogP contribution is 2.59. The van der Waals surface area contributed by atoms with Crippen LogP contribution in [0.4, 0.5) is 17.1 Å². The van der Waals surface area contributed by atoms with Crippen LogP contribution >= 0.6 is 0 Å². The van der Waals surface area contributed by atoms with E-state index >= 15 is 0 Å². The van der Waals surface area contributed by atoms with Gasteiger partial charge in [-0.3, -0.25) is 0 Å². The van der Waals surface area contributed by atoms with Crippen molar-refractivity contribution in [3.05, 3.63) is 219 Å². The van der Waals surface area contributed by atoms with E-state index in [1.807, 2.05) is 0 Å². The Morgan fingerprint density at radius 2 is 0.845 bits per heavy atom. The average molecular weight is 750 g/mol. The summed E-state index contributed by atoms with van der Waals surface area (Å²) in [7, 11) is 0. The highest BCUT2D eigenvalue weighted by atomic mass is 15.1.